The minimum atomic E-state index is -0.392. The highest BCUT2D eigenvalue weighted by Crippen LogP contribution is 2.32. The first-order valence-corrected chi connectivity index (χ1v) is 9.70. The van der Waals surface area contributed by atoms with Gasteiger partial charge in [-0.15, -0.1) is 10.2 Å². The normalized spacial score (nSPS) is 10.9. The van der Waals surface area contributed by atoms with Crippen LogP contribution in [0.5, 0.6) is 0 Å². The molecule has 3 aromatic rings. The van der Waals surface area contributed by atoms with E-state index in [0.29, 0.717) is 27.3 Å². The predicted molar refractivity (Wildman–Crippen MR) is 107 cm³/mol. The minimum Gasteiger partial charge on any atom is -0.324 e. The molecule has 0 unspecified atom stereocenters. The second kappa shape index (κ2) is 8.48. The smallest absolute Gasteiger partial charge is 0.234 e. The van der Waals surface area contributed by atoms with Gasteiger partial charge in [0.15, 0.2) is 11.0 Å². The Hall–Kier alpha value is -1.80. The number of hydrogen-bond donors (Lipinski definition) is 1. The first-order valence-electron chi connectivity index (χ1n) is 7.58. The van der Waals surface area contributed by atoms with Crippen molar-refractivity contribution in [2.75, 3.05) is 11.1 Å². The van der Waals surface area contributed by atoms with Crippen LogP contribution >= 0.6 is 46.6 Å². The second-order valence-corrected chi connectivity index (χ2v) is 7.59. The summed E-state index contributed by atoms with van der Waals surface area (Å²) in [7, 11) is 1.71. The van der Waals surface area contributed by atoms with Gasteiger partial charge in [0.25, 0.3) is 0 Å². The van der Waals surface area contributed by atoms with Gasteiger partial charge in [-0.2, -0.15) is 0 Å². The van der Waals surface area contributed by atoms with Crippen LogP contribution in [0.4, 0.5) is 10.1 Å². The summed E-state index contributed by atoms with van der Waals surface area (Å²) in [6.45, 7) is 0. The van der Waals surface area contributed by atoms with Crippen molar-refractivity contribution >= 4 is 58.2 Å². The summed E-state index contributed by atoms with van der Waals surface area (Å²) >= 11 is 19.0. The van der Waals surface area contributed by atoms with E-state index in [-0.39, 0.29) is 21.7 Å². The van der Waals surface area contributed by atoms with Gasteiger partial charge in [-0.05, 0) is 24.3 Å². The number of nitrogens with one attached hydrogen (secondary N) is 1. The summed E-state index contributed by atoms with van der Waals surface area (Å²) in [5, 5.41) is 12.0. The molecule has 1 amide bonds. The quantitative estimate of drug-likeness (QED) is 0.427. The van der Waals surface area contributed by atoms with Crippen molar-refractivity contribution in [1.29, 1.82) is 0 Å². The van der Waals surface area contributed by atoms with Crippen LogP contribution < -0.4 is 5.32 Å². The number of anilines is 1. The van der Waals surface area contributed by atoms with E-state index < -0.39 is 5.82 Å². The number of carbonyl (C=O) groups excluding carboxylic acids is 1. The number of halogens is 4. The second-order valence-electron chi connectivity index (χ2n) is 5.43. The summed E-state index contributed by atoms with van der Waals surface area (Å²) in [5.74, 6) is -0.268. The number of benzene rings is 2. The van der Waals surface area contributed by atoms with E-state index in [9.17, 15) is 9.18 Å². The minimum absolute atomic E-state index is 0.0554. The van der Waals surface area contributed by atoms with Gasteiger partial charge in [-0.1, -0.05) is 58.7 Å². The van der Waals surface area contributed by atoms with Gasteiger partial charge in [-0.3, -0.25) is 4.79 Å². The Morgan fingerprint density at radius 2 is 1.85 bits per heavy atom. The molecule has 0 atom stereocenters. The van der Waals surface area contributed by atoms with Gasteiger partial charge in [-0.25, -0.2) is 4.39 Å². The molecule has 1 aromatic heterocycles. The lowest BCUT2D eigenvalue weighted by molar-refractivity contribution is -0.113. The van der Waals surface area contributed by atoms with Crippen molar-refractivity contribution in [3.8, 4) is 11.4 Å². The topological polar surface area (TPSA) is 59.8 Å². The maximum absolute atomic E-state index is 13.9. The average molecular weight is 446 g/mol. The molecular formula is C17H12Cl3FN4OS. The Bertz CT molecular complexity index is 1010. The molecule has 5 nitrogen and oxygen atoms in total. The van der Waals surface area contributed by atoms with Crippen LogP contribution in [-0.4, -0.2) is 26.4 Å². The molecule has 3 rings (SSSR count). The fourth-order valence-corrected chi connectivity index (χ4v) is 3.56. The highest BCUT2D eigenvalue weighted by Gasteiger charge is 2.16. The van der Waals surface area contributed by atoms with Crippen molar-refractivity contribution in [2.45, 2.75) is 5.16 Å². The van der Waals surface area contributed by atoms with Crippen LogP contribution in [0.2, 0.25) is 15.1 Å². The van der Waals surface area contributed by atoms with E-state index in [1.165, 1.54) is 18.2 Å². The molecule has 0 saturated carbocycles. The Labute approximate surface area is 173 Å². The fraction of sp³-hybridized carbons (Fsp3) is 0.118. The van der Waals surface area contributed by atoms with Gasteiger partial charge in [0.1, 0.15) is 5.82 Å². The van der Waals surface area contributed by atoms with Crippen molar-refractivity contribution in [1.82, 2.24) is 14.8 Å². The van der Waals surface area contributed by atoms with E-state index in [1.807, 2.05) is 0 Å². The van der Waals surface area contributed by atoms with Crippen LogP contribution in [0, 0.1) is 5.82 Å². The third-order valence-electron chi connectivity index (χ3n) is 3.57. The lowest BCUT2D eigenvalue weighted by atomic mass is 10.2. The molecule has 10 heteroatoms. The number of thioether (sulfide) groups is 1. The highest BCUT2D eigenvalue weighted by atomic mass is 35.5. The molecule has 0 fully saturated rings. The predicted octanol–water partition coefficient (Wildman–Crippen LogP) is 5.31. The third kappa shape index (κ3) is 4.55. The average Bonchev–Trinajstić information content (AvgIpc) is 2.99. The van der Waals surface area contributed by atoms with E-state index in [2.05, 4.69) is 15.5 Å². The highest BCUT2D eigenvalue weighted by molar-refractivity contribution is 7.99. The molecule has 140 valence electrons. The lowest BCUT2D eigenvalue weighted by Gasteiger charge is -2.09. The molecule has 2 aromatic carbocycles. The number of aromatic nitrogens is 3. The number of carbonyl (C=O) groups is 1. The zero-order valence-corrected chi connectivity index (χ0v) is 16.9. The van der Waals surface area contributed by atoms with Crippen molar-refractivity contribution < 1.29 is 9.18 Å². The van der Waals surface area contributed by atoms with E-state index in [0.717, 1.165) is 11.8 Å². The van der Waals surface area contributed by atoms with E-state index in [1.54, 1.807) is 29.8 Å². The summed E-state index contributed by atoms with van der Waals surface area (Å²) in [5.41, 5.74) is 0.702. The van der Waals surface area contributed by atoms with Crippen LogP contribution in [0.15, 0.2) is 41.6 Å². The standard InChI is InChI=1S/C17H12Cl3FN4OS/c1-25-16(9-4-2-3-5-13(9)21)23-24-17(25)27-8-15(26)22-14-7-11(19)10(18)6-12(14)20/h2-7H,8H2,1H3,(H,22,26). The zero-order valence-electron chi connectivity index (χ0n) is 13.8. The molecule has 1 heterocycles. The molecule has 0 aliphatic rings. The Balaban J connectivity index is 1.68. The van der Waals surface area contributed by atoms with Gasteiger partial charge in [0.05, 0.1) is 32.1 Å². The number of hydrogen-bond acceptors (Lipinski definition) is 4. The molecular weight excluding hydrogens is 434 g/mol. The molecule has 0 saturated heterocycles. The van der Waals surface area contributed by atoms with Gasteiger partial charge < -0.3 is 9.88 Å². The molecule has 0 spiro atoms. The van der Waals surface area contributed by atoms with Gasteiger partial charge >= 0.3 is 0 Å². The first kappa shape index (κ1) is 19.9. The van der Waals surface area contributed by atoms with Crippen molar-refractivity contribution in [3.63, 3.8) is 0 Å². The molecule has 0 aliphatic carbocycles. The lowest BCUT2D eigenvalue weighted by Crippen LogP contribution is -2.14. The molecule has 27 heavy (non-hydrogen) atoms. The van der Waals surface area contributed by atoms with Crippen molar-refractivity contribution in [3.05, 3.63) is 57.3 Å². The fourth-order valence-electron chi connectivity index (χ4n) is 2.25. The maximum atomic E-state index is 13.9. The Morgan fingerprint density at radius 1 is 1.15 bits per heavy atom. The van der Waals surface area contributed by atoms with Crippen LogP contribution in [0.3, 0.4) is 0 Å². The third-order valence-corrected chi connectivity index (χ3v) is 5.62. The molecule has 0 aliphatic heterocycles. The van der Waals surface area contributed by atoms with E-state index in [4.69, 9.17) is 34.8 Å². The van der Waals surface area contributed by atoms with Gasteiger partial charge in [0.2, 0.25) is 5.91 Å². The van der Waals surface area contributed by atoms with Gasteiger partial charge in [0, 0.05) is 7.05 Å². The SMILES string of the molecule is Cn1c(SCC(=O)Nc2cc(Cl)c(Cl)cc2Cl)nnc1-c1ccccc1F. The maximum Gasteiger partial charge on any atom is 0.234 e. The van der Waals surface area contributed by atoms with Crippen molar-refractivity contribution in [2.24, 2.45) is 7.05 Å². The largest absolute Gasteiger partial charge is 0.324 e. The van der Waals surface area contributed by atoms with Crippen LogP contribution in [-0.2, 0) is 11.8 Å². The first-order chi connectivity index (χ1) is 12.9. The van der Waals surface area contributed by atoms with Crippen LogP contribution in [0.1, 0.15) is 0 Å². The number of rotatable bonds is 5. The summed E-state index contributed by atoms with van der Waals surface area (Å²) in [6, 6.07) is 9.22. The number of amides is 1. The van der Waals surface area contributed by atoms with E-state index >= 15 is 0 Å². The summed E-state index contributed by atoms with van der Waals surface area (Å²) in [6.07, 6.45) is 0. The summed E-state index contributed by atoms with van der Waals surface area (Å²) in [4.78, 5) is 12.2. The molecule has 0 radical (unpaired) electrons. The van der Waals surface area contributed by atoms with Crippen LogP contribution in [0.25, 0.3) is 11.4 Å². The molecule has 1 N–H and O–H groups in total. The number of nitrogens with zero attached hydrogens (tertiary/aromatic N) is 3. The Morgan fingerprint density at radius 3 is 2.59 bits per heavy atom. The Kier molecular flexibility index (Phi) is 6.26. The zero-order chi connectivity index (χ0) is 19.6. The molecule has 0 bridgehead atoms. The monoisotopic (exact) mass is 444 g/mol. The summed E-state index contributed by atoms with van der Waals surface area (Å²) < 4.78 is 15.6.